The Morgan fingerprint density at radius 2 is 2.00 bits per heavy atom. The van der Waals surface area contributed by atoms with Crippen molar-refractivity contribution in [2.45, 2.75) is 13.0 Å². The number of urea groups is 1. The molecule has 0 aliphatic rings. The number of benzene rings is 1. The average Bonchev–Trinajstić information content (AvgIpc) is 2.29. The predicted molar refractivity (Wildman–Crippen MR) is 64.6 cm³/mol. The number of nitriles is 1. The lowest BCUT2D eigenvalue weighted by Crippen LogP contribution is -2.35. The molecule has 0 aliphatic carbocycles. The molecule has 0 unspecified atom stereocenters. The van der Waals surface area contributed by atoms with Gasteiger partial charge in [-0.25, -0.2) is 4.79 Å². The number of amides is 2. The molecule has 0 aromatic heterocycles. The summed E-state index contributed by atoms with van der Waals surface area (Å²) in [5, 5.41) is 13.6. The first-order valence-electron chi connectivity index (χ1n) is 4.85. The fraction of sp³-hybridized carbons (Fsp3) is 0.273. The molecule has 2 amide bonds. The Labute approximate surface area is 103 Å². The maximum atomic E-state index is 11.2. The van der Waals surface area contributed by atoms with Crippen LogP contribution in [0, 0.1) is 11.3 Å². The second kappa shape index (κ2) is 6.85. The van der Waals surface area contributed by atoms with Crippen molar-refractivity contribution >= 4 is 22.0 Å². The van der Waals surface area contributed by atoms with Gasteiger partial charge in [-0.2, -0.15) is 5.26 Å². The van der Waals surface area contributed by atoms with E-state index in [4.69, 9.17) is 5.26 Å². The molecule has 0 radical (unpaired) electrons. The molecule has 4 nitrogen and oxygen atoms in total. The van der Waals surface area contributed by atoms with Gasteiger partial charge in [-0.05, 0) is 17.7 Å². The molecule has 1 aromatic carbocycles. The fourth-order valence-corrected chi connectivity index (χ4v) is 1.34. The summed E-state index contributed by atoms with van der Waals surface area (Å²) in [6.07, 6.45) is 0.325. The second-order valence-corrected chi connectivity index (χ2v) is 4.06. The van der Waals surface area contributed by atoms with Gasteiger partial charge in [0.15, 0.2) is 0 Å². The standard InChI is InChI=1S/C11H12BrN3O/c12-10-4-2-9(3-5-10)8-15-11(16)14-7-1-6-13/h2-5H,1,7-8H2,(H2,14,15,16). The summed E-state index contributed by atoms with van der Waals surface area (Å²) < 4.78 is 1.01. The summed E-state index contributed by atoms with van der Waals surface area (Å²) in [6, 6.07) is 9.41. The number of hydrogen-bond acceptors (Lipinski definition) is 2. The van der Waals surface area contributed by atoms with Crippen molar-refractivity contribution in [2.24, 2.45) is 0 Å². The van der Waals surface area contributed by atoms with Crippen LogP contribution in [-0.2, 0) is 6.54 Å². The third-order valence-electron chi connectivity index (χ3n) is 1.89. The zero-order valence-electron chi connectivity index (χ0n) is 8.66. The highest BCUT2D eigenvalue weighted by molar-refractivity contribution is 9.10. The zero-order chi connectivity index (χ0) is 11.8. The minimum atomic E-state index is -0.252. The Morgan fingerprint density at radius 1 is 1.31 bits per heavy atom. The Balaban J connectivity index is 2.26. The topological polar surface area (TPSA) is 64.9 Å². The monoisotopic (exact) mass is 281 g/mol. The minimum absolute atomic E-state index is 0.252. The van der Waals surface area contributed by atoms with Crippen LogP contribution in [0.2, 0.25) is 0 Å². The molecule has 0 heterocycles. The molecule has 0 saturated heterocycles. The number of rotatable bonds is 4. The van der Waals surface area contributed by atoms with Crippen LogP contribution in [-0.4, -0.2) is 12.6 Å². The van der Waals surface area contributed by atoms with Gasteiger partial charge in [-0.1, -0.05) is 28.1 Å². The van der Waals surface area contributed by atoms with Gasteiger partial charge in [-0.3, -0.25) is 0 Å². The molecule has 84 valence electrons. The number of hydrogen-bond donors (Lipinski definition) is 2. The lowest BCUT2D eigenvalue weighted by Gasteiger charge is -2.06. The molecule has 5 heteroatoms. The zero-order valence-corrected chi connectivity index (χ0v) is 10.3. The van der Waals surface area contributed by atoms with Gasteiger partial charge in [0.25, 0.3) is 0 Å². The largest absolute Gasteiger partial charge is 0.337 e. The van der Waals surface area contributed by atoms with Gasteiger partial charge in [0, 0.05) is 17.6 Å². The molecular formula is C11H12BrN3O. The molecular weight excluding hydrogens is 270 g/mol. The van der Waals surface area contributed by atoms with E-state index in [0.717, 1.165) is 10.0 Å². The number of halogens is 1. The Morgan fingerprint density at radius 3 is 2.62 bits per heavy atom. The van der Waals surface area contributed by atoms with Crippen molar-refractivity contribution in [1.82, 2.24) is 10.6 Å². The summed E-state index contributed by atoms with van der Waals surface area (Å²) in [7, 11) is 0. The van der Waals surface area contributed by atoms with Gasteiger partial charge in [0.1, 0.15) is 0 Å². The van der Waals surface area contributed by atoms with E-state index in [1.54, 1.807) is 0 Å². The van der Waals surface area contributed by atoms with E-state index in [1.807, 2.05) is 30.3 Å². The average molecular weight is 282 g/mol. The van der Waals surface area contributed by atoms with Crippen molar-refractivity contribution < 1.29 is 4.79 Å². The summed E-state index contributed by atoms with van der Waals surface area (Å²) in [5.74, 6) is 0. The van der Waals surface area contributed by atoms with E-state index in [2.05, 4.69) is 26.6 Å². The normalized spacial score (nSPS) is 9.25. The molecule has 0 saturated carbocycles. The highest BCUT2D eigenvalue weighted by Crippen LogP contribution is 2.09. The minimum Gasteiger partial charge on any atom is -0.337 e. The van der Waals surface area contributed by atoms with E-state index >= 15 is 0 Å². The molecule has 1 aromatic rings. The smallest absolute Gasteiger partial charge is 0.315 e. The number of carbonyl (C=O) groups excluding carboxylic acids is 1. The van der Waals surface area contributed by atoms with Gasteiger partial charge in [0.05, 0.1) is 12.5 Å². The van der Waals surface area contributed by atoms with Crippen LogP contribution < -0.4 is 10.6 Å². The van der Waals surface area contributed by atoms with Gasteiger partial charge < -0.3 is 10.6 Å². The summed E-state index contributed by atoms with van der Waals surface area (Å²) >= 11 is 3.34. The van der Waals surface area contributed by atoms with Crippen LogP contribution in [0.15, 0.2) is 28.7 Å². The molecule has 16 heavy (non-hydrogen) atoms. The lowest BCUT2D eigenvalue weighted by molar-refractivity contribution is 0.240. The van der Waals surface area contributed by atoms with E-state index in [1.165, 1.54) is 0 Å². The van der Waals surface area contributed by atoms with E-state index < -0.39 is 0 Å². The van der Waals surface area contributed by atoms with Crippen molar-refractivity contribution in [1.29, 1.82) is 5.26 Å². The van der Waals surface area contributed by atoms with Crippen LogP contribution in [0.4, 0.5) is 4.79 Å². The van der Waals surface area contributed by atoms with Gasteiger partial charge >= 0.3 is 6.03 Å². The first-order valence-corrected chi connectivity index (χ1v) is 5.65. The Hall–Kier alpha value is -1.54. The number of nitrogens with one attached hydrogen (secondary N) is 2. The van der Waals surface area contributed by atoms with Crippen LogP contribution >= 0.6 is 15.9 Å². The lowest BCUT2D eigenvalue weighted by atomic mass is 10.2. The maximum Gasteiger partial charge on any atom is 0.315 e. The first kappa shape index (κ1) is 12.5. The number of nitrogens with zero attached hydrogens (tertiary/aromatic N) is 1. The molecule has 1 rings (SSSR count). The Bertz CT molecular complexity index is 383. The molecule has 0 atom stereocenters. The quantitative estimate of drug-likeness (QED) is 0.831. The molecule has 0 fully saturated rings. The van der Waals surface area contributed by atoms with Crippen molar-refractivity contribution in [3.8, 4) is 6.07 Å². The summed E-state index contributed by atoms with van der Waals surface area (Å²) in [4.78, 5) is 11.2. The van der Waals surface area contributed by atoms with Gasteiger partial charge in [0.2, 0.25) is 0 Å². The van der Waals surface area contributed by atoms with E-state index in [0.29, 0.717) is 19.5 Å². The highest BCUT2D eigenvalue weighted by Gasteiger charge is 1.99. The Kier molecular flexibility index (Phi) is 5.37. The third-order valence-corrected chi connectivity index (χ3v) is 2.42. The molecule has 0 spiro atoms. The van der Waals surface area contributed by atoms with E-state index in [-0.39, 0.29) is 6.03 Å². The highest BCUT2D eigenvalue weighted by atomic mass is 79.9. The number of carbonyl (C=O) groups is 1. The molecule has 0 bridgehead atoms. The van der Waals surface area contributed by atoms with Crippen molar-refractivity contribution in [3.05, 3.63) is 34.3 Å². The van der Waals surface area contributed by atoms with Crippen LogP contribution in [0.1, 0.15) is 12.0 Å². The van der Waals surface area contributed by atoms with Crippen molar-refractivity contribution in [2.75, 3.05) is 6.54 Å². The SMILES string of the molecule is N#CCCNC(=O)NCc1ccc(Br)cc1. The van der Waals surface area contributed by atoms with Crippen LogP contribution in [0.3, 0.4) is 0 Å². The molecule has 2 N–H and O–H groups in total. The second-order valence-electron chi connectivity index (χ2n) is 3.14. The predicted octanol–water partition coefficient (Wildman–Crippen LogP) is 2.16. The maximum absolute atomic E-state index is 11.2. The van der Waals surface area contributed by atoms with E-state index in [9.17, 15) is 4.79 Å². The summed E-state index contributed by atoms with van der Waals surface area (Å²) in [5.41, 5.74) is 1.03. The van der Waals surface area contributed by atoms with Crippen molar-refractivity contribution in [3.63, 3.8) is 0 Å². The van der Waals surface area contributed by atoms with Crippen LogP contribution in [0.5, 0.6) is 0 Å². The van der Waals surface area contributed by atoms with Crippen LogP contribution in [0.25, 0.3) is 0 Å². The van der Waals surface area contributed by atoms with Gasteiger partial charge in [-0.15, -0.1) is 0 Å². The third kappa shape index (κ3) is 4.80. The summed E-state index contributed by atoms with van der Waals surface area (Å²) in [6.45, 7) is 0.855. The fourth-order valence-electron chi connectivity index (χ4n) is 1.08. The molecule has 0 aliphatic heterocycles. The first-order chi connectivity index (χ1) is 7.72.